The standard InChI is InChI=1S/C11H22N2/c1-9(12)10-6-5-7-13(8-10)11(2,3)4/h10H,1,5-8,12H2,2-4H3. The fraction of sp³-hybridized carbons (Fsp3) is 0.818. The lowest BCUT2D eigenvalue weighted by Gasteiger charge is -2.41. The Hall–Kier alpha value is -0.500. The quantitative estimate of drug-likeness (QED) is 0.672. The van der Waals surface area contributed by atoms with Gasteiger partial charge in [-0.2, -0.15) is 0 Å². The molecule has 1 saturated heterocycles. The molecule has 0 aliphatic carbocycles. The fourth-order valence-electron chi connectivity index (χ4n) is 1.89. The first-order chi connectivity index (χ1) is 5.91. The number of hydrogen-bond donors (Lipinski definition) is 1. The minimum Gasteiger partial charge on any atom is -0.402 e. The summed E-state index contributed by atoms with van der Waals surface area (Å²) in [7, 11) is 0. The molecule has 1 unspecified atom stereocenters. The molecule has 0 aromatic rings. The normalized spacial score (nSPS) is 25.9. The van der Waals surface area contributed by atoms with Crippen LogP contribution in [0.3, 0.4) is 0 Å². The summed E-state index contributed by atoms with van der Waals surface area (Å²) in [4.78, 5) is 2.50. The molecule has 0 radical (unpaired) electrons. The van der Waals surface area contributed by atoms with Crippen LogP contribution in [0.2, 0.25) is 0 Å². The van der Waals surface area contributed by atoms with Crippen LogP contribution in [0.4, 0.5) is 0 Å². The van der Waals surface area contributed by atoms with Crippen LogP contribution >= 0.6 is 0 Å². The molecule has 1 heterocycles. The Bertz CT molecular complexity index is 191. The van der Waals surface area contributed by atoms with Crippen molar-refractivity contribution in [3.8, 4) is 0 Å². The Morgan fingerprint density at radius 2 is 2.08 bits per heavy atom. The summed E-state index contributed by atoms with van der Waals surface area (Å²) in [6.45, 7) is 12.9. The zero-order chi connectivity index (χ0) is 10.1. The van der Waals surface area contributed by atoms with E-state index in [4.69, 9.17) is 5.73 Å². The van der Waals surface area contributed by atoms with Crippen molar-refractivity contribution in [1.82, 2.24) is 4.90 Å². The molecule has 2 nitrogen and oxygen atoms in total. The van der Waals surface area contributed by atoms with Crippen molar-refractivity contribution in [3.05, 3.63) is 12.3 Å². The van der Waals surface area contributed by atoms with E-state index in [1.807, 2.05) is 0 Å². The van der Waals surface area contributed by atoms with Gasteiger partial charge >= 0.3 is 0 Å². The monoisotopic (exact) mass is 182 g/mol. The summed E-state index contributed by atoms with van der Waals surface area (Å²) in [6, 6.07) is 0. The number of nitrogens with zero attached hydrogens (tertiary/aromatic N) is 1. The lowest BCUT2D eigenvalue weighted by molar-refractivity contribution is 0.0885. The summed E-state index contributed by atoms with van der Waals surface area (Å²) >= 11 is 0. The van der Waals surface area contributed by atoms with Gasteiger partial charge < -0.3 is 5.73 Å². The molecule has 1 rings (SSSR count). The van der Waals surface area contributed by atoms with Crippen molar-refractivity contribution in [2.75, 3.05) is 13.1 Å². The van der Waals surface area contributed by atoms with E-state index >= 15 is 0 Å². The maximum atomic E-state index is 5.75. The van der Waals surface area contributed by atoms with Crippen molar-refractivity contribution < 1.29 is 0 Å². The molecule has 0 aromatic carbocycles. The molecule has 0 saturated carbocycles. The first-order valence-electron chi connectivity index (χ1n) is 5.10. The molecule has 1 fully saturated rings. The van der Waals surface area contributed by atoms with E-state index in [0.29, 0.717) is 5.92 Å². The van der Waals surface area contributed by atoms with Gasteiger partial charge in [0.2, 0.25) is 0 Å². The third-order valence-electron chi connectivity index (χ3n) is 2.89. The van der Waals surface area contributed by atoms with Gasteiger partial charge in [-0.15, -0.1) is 0 Å². The van der Waals surface area contributed by atoms with E-state index in [9.17, 15) is 0 Å². The van der Waals surface area contributed by atoms with Gasteiger partial charge in [-0.1, -0.05) is 6.58 Å². The van der Waals surface area contributed by atoms with Gasteiger partial charge in [-0.25, -0.2) is 0 Å². The number of rotatable bonds is 1. The molecule has 0 bridgehead atoms. The second-order valence-corrected chi connectivity index (χ2v) is 5.03. The van der Waals surface area contributed by atoms with E-state index in [0.717, 1.165) is 12.2 Å². The summed E-state index contributed by atoms with van der Waals surface area (Å²) in [5.74, 6) is 0.507. The third kappa shape index (κ3) is 2.73. The Labute approximate surface area is 81.8 Å². The van der Waals surface area contributed by atoms with Gasteiger partial charge in [0.1, 0.15) is 0 Å². The lowest BCUT2D eigenvalue weighted by atomic mass is 9.92. The van der Waals surface area contributed by atoms with Crippen LogP contribution in [-0.4, -0.2) is 23.5 Å². The molecule has 1 aliphatic heterocycles. The zero-order valence-electron chi connectivity index (χ0n) is 9.14. The predicted molar refractivity (Wildman–Crippen MR) is 57.4 cm³/mol. The third-order valence-corrected chi connectivity index (χ3v) is 2.89. The van der Waals surface area contributed by atoms with Gasteiger partial charge in [0.25, 0.3) is 0 Å². The molecule has 1 atom stereocenters. The highest BCUT2D eigenvalue weighted by Gasteiger charge is 2.28. The minimum atomic E-state index is 0.272. The zero-order valence-corrected chi connectivity index (χ0v) is 9.14. The van der Waals surface area contributed by atoms with Crippen LogP contribution in [0.15, 0.2) is 12.3 Å². The van der Waals surface area contributed by atoms with E-state index in [1.54, 1.807) is 0 Å². The lowest BCUT2D eigenvalue weighted by Crippen LogP contribution is -2.48. The Kier molecular flexibility index (Phi) is 3.01. The Balaban J connectivity index is 2.57. The van der Waals surface area contributed by atoms with Crippen LogP contribution in [0.25, 0.3) is 0 Å². The van der Waals surface area contributed by atoms with E-state index in [1.165, 1.54) is 19.4 Å². The van der Waals surface area contributed by atoms with Crippen molar-refractivity contribution in [2.45, 2.75) is 39.2 Å². The molecule has 0 amide bonds. The summed E-state index contributed by atoms with van der Waals surface area (Å²) in [5, 5.41) is 0. The van der Waals surface area contributed by atoms with Crippen molar-refractivity contribution >= 4 is 0 Å². The summed E-state index contributed by atoms with van der Waals surface area (Å²) in [5.41, 5.74) is 6.88. The van der Waals surface area contributed by atoms with Gasteiger partial charge in [-0.3, -0.25) is 4.90 Å². The Morgan fingerprint density at radius 3 is 2.54 bits per heavy atom. The first kappa shape index (κ1) is 10.6. The molecule has 0 spiro atoms. The largest absolute Gasteiger partial charge is 0.402 e. The molecule has 1 aliphatic rings. The van der Waals surface area contributed by atoms with Crippen LogP contribution in [0, 0.1) is 5.92 Å². The number of likely N-dealkylation sites (tertiary alicyclic amines) is 1. The molecule has 0 aromatic heterocycles. The Morgan fingerprint density at radius 1 is 1.46 bits per heavy atom. The number of nitrogens with two attached hydrogens (primary N) is 1. The highest BCUT2D eigenvalue weighted by Crippen LogP contribution is 2.25. The second kappa shape index (κ2) is 3.70. The average molecular weight is 182 g/mol. The minimum absolute atomic E-state index is 0.272. The van der Waals surface area contributed by atoms with Crippen LogP contribution in [0.1, 0.15) is 33.6 Å². The first-order valence-corrected chi connectivity index (χ1v) is 5.10. The fourth-order valence-corrected chi connectivity index (χ4v) is 1.89. The highest BCUT2D eigenvalue weighted by atomic mass is 15.2. The summed E-state index contributed by atoms with van der Waals surface area (Å²) in [6.07, 6.45) is 2.46. The second-order valence-electron chi connectivity index (χ2n) is 5.03. The van der Waals surface area contributed by atoms with E-state index in [2.05, 4.69) is 32.3 Å². The maximum Gasteiger partial charge on any atom is 0.0125 e. The van der Waals surface area contributed by atoms with Crippen molar-refractivity contribution in [3.63, 3.8) is 0 Å². The van der Waals surface area contributed by atoms with Crippen LogP contribution in [0.5, 0.6) is 0 Å². The van der Waals surface area contributed by atoms with Gasteiger partial charge in [0.15, 0.2) is 0 Å². The van der Waals surface area contributed by atoms with Gasteiger partial charge in [-0.05, 0) is 40.2 Å². The molecular weight excluding hydrogens is 160 g/mol. The van der Waals surface area contributed by atoms with Crippen molar-refractivity contribution in [1.29, 1.82) is 0 Å². The number of hydrogen-bond acceptors (Lipinski definition) is 2. The van der Waals surface area contributed by atoms with Crippen LogP contribution in [-0.2, 0) is 0 Å². The molecular formula is C11H22N2. The smallest absolute Gasteiger partial charge is 0.0125 e. The van der Waals surface area contributed by atoms with E-state index in [-0.39, 0.29) is 5.54 Å². The highest BCUT2D eigenvalue weighted by molar-refractivity contribution is 4.99. The van der Waals surface area contributed by atoms with Gasteiger partial charge in [0.05, 0.1) is 0 Å². The molecule has 76 valence electrons. The molecule has 13 heavy (non-hydrogen) atoms. The molecule has 2 heteroatoms. The van der Waals surface area contributed by atoms with Gasteiger partial charge in [0, 0.05) is 23.7 Å². The summed E-state index contributed by atoms with van der Waals surface area (Å²) < 4.78 is 0. The van der Waals surface area contributed by atoms with E-state index < -0.39 is 0 Å². The SMILES string of the molecule is C=C(N)C1CCCN(C(C)(C)C)C1. The van der Waals surface area contributed by atoms with Crippen molar-refractivity contribution in [2.24, 2.45) is 11.7 Å². The van der Waals surface area contributed by atoms with Crippen LogP contribution < -0.4 is 5.73 Å². The average Bonchev–Trinajstić information content (AvgIpc) is 2.03. The predicted octanol–water partition coefficient (Wildman–Crippen LogP) is 1.97. The maximum absolute atomic E-state index is 5.75. The topological polar surface area (TPSA) is 29.3 Å². The molecule has 2 N–H and O–H groups in total. The number of piperidine rings is 1.